The Hall–Kier alpha value is -1.08. The molecule has 0 spiro atoms. The van der Waals surface area contributed by atoms with E-state index in [1.54, 1.807) is 18.2 Å². The van der Waals surface area contributed by atoms with E-state index in [1.165, 1.54) is 19.3 Å². The van der Waals surface area contributed by atoms with Gasteiger partial charge in [0.1, 0.15) is 12.4 Å². The maximum atomic E-state index is 9.16. The zero-order valence-corrected chi connectivity index (χ0v) is 12.1. The van der Waals surface area contributed by atoms with Gasteiger partial charge in [0, 0.05) is 19.1 Å². The summed E-state index contributed by atoms with van der Waals surface area (Å²) < 4.78 is 11.5. The first-order valence-electron chi connectivity index (χ1n) is 7.68. The van der Waals surface area contributed by atoms with E-state index >= 15 is 0 Å². The highest BCUT2D eigenvalue weighted by atomic mass is 16.5. The summed E-state index contributed by atoms with van der Waals surface area (Å²) in [5.41, 5.74) is 0.453. The number of benzene rings is 1. The molecule has 2 N–H and O–H groups in total. The molecule has 6 heteroatoms. The summed E-state index contributed by atoms with van der Waals surface area (Å²) in [5, 5.41) is 18.3. The van der Waals surface area contributed by atoms with Crippen LogP contribution < -0.4 is 10.2 Å². The molecule has 114 valence electrons. The molecule has 1 aliphatic carbocycles. The van der Waals surface area contributed by atoms with Crippen molar-refractivity contribution in [3.05, 3.63) is 24.3 Å². The van der Waals surface area contributed by atoms with E-state index < -0.39 is 7.12 Å². The molecule has 1 heterocycles. The smallest absolute Gasteiger partial charge is 0.488 e. The van der Waals surface area contributed by atoms with E-state index in [-0.39, 0.29) is 0 Å². The fourth-order valence-corrected chi connectivity index (χ4v) is 3.33. The van der Waals surface area contributed by atoms with E-state index in [0.29, 0.717) is 30.0 Å². The molecular weight excluding hydrogens is 269 g/mol. The number of hydrogen-bond donors (Lipinski definition) is 2. The summed E-state index contributed by atoms with van der Waals surface area (Å²) in [6.45, 7) is 3.28. The van der Waals surface area contributed by atoms with Crippen molar-refractivity contribution in [2.24, 2.45) is 0 Å². The molecule has 1 aliphatic heterocycles. The Labute approximate surface area is 125 Å². The highest BCUT2D eigenvalue weighted by Gasteiger charge is 2.35. The molecule has 2 fully saturated rings. The van der Waals surface area contributed by atoms with Gasteiger partial charge in [-0.05, 0) is 36.9 Å². The Morgan fingerprint density at radius 3 is 3.10 bits per heavy atom. The van der Waals surface area contributed by atoms with Crippen LogP contribution >= 0.6 is 0 Å². The first kappa shape index (κ1) is 14.8. The third kappa shape index (κ3) is 3.58. The van der Waals surface area contributed by atoms with Crippen molar-refractivity contribution in [2.45, 2.75) is 31.4 Å². The van der Waals surface area contributed by atoms with Crippen LogP contribution in [0.15, 0.2) is 24.3 Å². The number of hydrogen-bond acceptors (Lipinski definition) is 5. The van der Waals surface area contributed by atoms with Crippen LogP contribution in [0.2, 0.25) is 0 Å². The van der Waals surface area contributed by atoms with Gasteiger partial charge in [0.25, 0.3) is 0 Å². The lowest BCUT2D eigenvalue weighted by molar-refractivity contribution is -0.0583. The molecule has 3 rings (SSSR count). The van der Waals surface area contributed by atoms with Gasteiger partial charge in [0.15, 0.2) is 0 Å². The summed E-state index contributed by atoms with van der Waals surface area (Å²) >= 11 is 0. The van der Waals surface area contributed by atoms with Gasteiger partial charge in [0.05, 0.1) is 12.7 Å². The average molecular weight is 291 g/mol. The van der Waals surface area contributed by atoms with Gasteiger partial charge in [0.2, 0.25) is 0 Å². The van der Waals surface area contributed by atoms with E-state index in [1.807, 2.05) is 6.07 Å². The summed E-state index contributed by atoms with van der Waals surface area (Å²) in [4.78, 5) is 2.46. The van der Waals surface area contributed by atoms with Crippen molar-refractivity contribution in [3.63, 3.8) is 0 Å². The molecule has 2 atom stereocenters. The van der Waals surface area contributed by atoms with Crippen LogP contribution in [0.1, 0.15) is 19.3 Å². The lowest BCUT2D eigenvalue weighted by atomic mass is 9.80. The Balaban J connectivity index is 1.50. The van der Waals surface area contributed by atoms with Crippen LogP contribution in [-0.4, -0.2) is 60.5 Å². The van der Waals surface area contributed by atoms with Gasteiger partial charge < -0.3 is 19.5 Å². The number of ether oxygens (including phenoxy) is 2. The topological polar surface area (TPSA) is 62.2 Å². The minimum absolute atomic E-state index is 0.409. The molecule has 2 aliphatic rings. The second-order valence-electron chi connectivity index (χ2n) is 5.74. The summed E-state index contributed by atoms with van der Waals surface area (Å²) in [5.74, 6) is 0.678. The van der Waals surface area contributed by atoms with Crippen molar-refractivity contribution >= 4 is 12.6 Å². The third-order valence-electron chi connectivity index (χ3n) is 4.40. The molecule has 1 aromatic carbocycles. The maximum Gasteiger partial charge on any atom is 0.488 e. The summed E-state index contributed by atoms with van der Waals surface area (Å²) in [6, 6.07) is 7.49. The molecule has 0 bridgehead atoms. The first-order chi connectivity index (χ1) is 10.2. The van der Waals surface area contributed by atoms with Gasteiger partial charge >= 0.3 is 7.12 Å². The Kier molecular flexibility index (Phi) is 4.80. The van der Waals surface area contributed by atoms with E-state index in [0.717, 1.165) is 19.7 Å². The average Bonchev–Trinajstić information content (AvgIpc) is 2.97. The second-order valence-corrected chi connectivity index (χ2v) is 5.74. The fourth-order valence-electron chi connectivity index (χ4n) is 3.33. The molecular formula is C15H22BNO4. The molecule has 5 nitrogen and oxygen atoms in total. The molecule has 0 radical (unpaired) electrons. The molecule has 1 aromatic rings. The third-order valence-corrected chi connectivity index (χ3v) is 4.40. The first-order valence-corrected chi connectivity index (χ1v) is 7.68. The Morgan fingerprint density at radius 1 is 1.33 bits per heavy atom. The molecule has 2 unspecified atom stereocenters. The largest absolute Gasteiger partial charge is 0.492 e. The van der Waals surface area contributed by atoms with Crippen molar-refractivity contribution in [3.8, 4) is 5.75 Å². The van der Waals surface area contributed by atoms with Crippen molar-refractivity contribution < 1.29 is 19.5 Å². The number of morpholine rings is 1. The number of fused-ring (bicyclic) bond motifs is 1. The predicted octanol–water partition coefficient (Wildman–Crippen LogP) is -0.00150. The van der Waals surface area contributed by atoms with E-state index in [9.17, 15) is 0 Å². The van der Waals surface area contributed by atoms with Crippen molar-refractivity contribution in [1.29, 1.82) is 0 Å². The molecule has 1 saturated heterocycles. The van der Waals surface area contributed by atoms with Crippen LogP contribution in [-0.2, 0) is 4.74 Å². The van der Waals surface area contributed by atoms with Crippen LogP contribution in [0.5, 0.6) is 5.75 Å². The van der Waals surface area contributed by atoms with Gasteiger partial charge in [-0.3, -0.25) is 4.90 Å². The van der Waals surface area contributed by atoms with Crippen LogP contribution in [0, 0.1) is 0 Å². The van der Waals surface area contributed by atoms with Gasteiger partial charge in [-0.15, -0.1) is 0 Å². The van der Waals surface area contributed by atoms with E-state index in [2.05, 4.69) is 4.90 Å². The Morgan fingerprint density at radius 2 is 2.24 bits per heavy atom. The van der Waals surface area contributed by atoms with Crippen LogP contribution in [0.4, 0.5) is 0 Å². The minimum Gasteiger partial charge on any atom is -0.492 e. The van der Waals surface area contributed by atoms with Crippen molar-refractivity contribution in [2.75, 3.05) is 26.3 Å². The fraction of sp³-hybridized carbons (Fsp3) is 0.600. The highest BCUT2D eigenvalue weighted by molar-refractivity contribution is 6.58. The summed E-state index contributed by atoms with van der Waals surface area (Å²) in [7, 11) is -1.45. The molecule has 1 saturated carbocycles. The van der Waals surface area contributed by atoms with Gasteiger partial charge in [-0.2, -0.15) is 0 Å². The zero-order chi connectivity index (χ0) is 14.7. The highest BCUT2D eigenvalue weighted by Crippen LogP contribution is 2.29. The predicted molar refractivity (Wildman–Crippen MR) is 80.7 cm³/mol. The Bertz CT molecular complexity index is 471. The normalized spacial score (nSPS) is 25.6. The van der Waals surface area contributed by atoms with Crippen LogP contribution in [0.25, 0.3) is 0 Å². The minimum atomic E-state index is -1.45. The second kappa shape index (κ2) is 6.79. The zero-order valence-electron chi connectivity index (χ0n) is 12.1. The number of rotatable bonds is 5. The van der Waals surface area contributed by atoms with Gasteiger partial charge in [-0.1, -0.05) is 12.1 Å². The molecule has 0 aromatic heterocycles. The molecule has 21 heavy (non-hydrogen) atoms. The maximum absolute atomic E-state index is 9.16. The van der Waals surface area contributed by atoms with Gasteiger partial charge in [-0.25, -0.2) is 0 Å². The van der Waals surface area contributed by atoms with Crippen molar-refractivity contribution in [1.82, 2.24) is 4.90 Å². The van der Waals surface area contributed by atoms with Crippen LogP contribution in [0.3, 0.4) is 0 Å². The van der Waals surface area contributed by atoms with E-state index in [4.69, 9.17) is 19.5 Å². The quantitative estimate of drug-likeness (QED) is 0.748. The molecule has 0 amide bonds. The monoisotopic (exact) mass is 291 g/mol. The number of nitrogens with zero attached hydrogens (tertiary/aromatic N) is 1. The standard InChI is InChI=1S/C15H22BNO4/c18-16(19)12-3-1-4-13(11-12)20-9-7-17-8-10-21-15-6-2-5-14(15)17/h1,3-4,11,14-15,18-19H,2,5-10H2. The lowest BCUT2D eigenvalue weighted by Gasteiger charge is -2.37. The summed E-state index contributed by atoms with van der Waals surface area (Å²) in [6.07, 6.45) is 4.06. The lowest BCUT2D eigenvalue weighted by Crippen LogP contribution is -2.49. The SMILES string of the molecule is OB(O)c1cccc(OCCN2CCOC3CCCC32)c1.